The summed E-state index contributed by atoms with van der Waals surface area (Å²) < 4.78 is 25.0. The van der Waals surface area contributed by atoms with Crippen LogP contribution in [0.4, 0.5) is 4.39 Å². The van der Waals surface area contributed by atoms with Gasteiger partial charge >= 0.3 is 0 Å². The maximum atomic E-state index is 13.2. The monoisotopic (exact) mass is 237 g/mol. The van der Waals surface area contributed by atoms with Crippen molar-refractivity contribution >= 4 is 0 Å². The summed E-state index contributed by atoms with van der Waals surface area (Å²) in [7, 11) is 0. The van der Waals surface area contributed by atoms with Crippen LogP contribution >= 0.6 is 0 Å². The van der Waals surface area contributed by atoms with Crippen molar-refractivity contribution in [2.75, 3.05) is 13.1 Å². The van der Waals surface area contributed by atoms with Gasteiger partial charge in [-0.2, -0.15) is 0 Å². The van der Waals surface area contributed by atoms with Crippen LogP contribution in [-0.2, 0) is 22.7 Å². The molecule has 3 rings (SSSR count). The molecule has 3 nitrogen and oxygen atoms in total. The van der Waals surface area contributed by atoms with Gasteiger partial charge in [0.1, 0.15) is 5.82 Å². The number of ether oxygens (including phenoxy) is 2. The zero-order chi connectivity index (χ0) is 11.7. The van der Waals surface area contributed by atoms with Crippen LogP contribution in [0.5, 0.6) is 0 Å². The first-order valence-electron chi connectivity index (χ1n) is 6.03. The molecule has 2 aliphatic heterocycles. The van der Waals surface area contributed by atoms with E-state index >= 15 is 0 Å². The number of rotatable bonds is 0. The van der Waals surface area contributed by atoms with Gasteiger partial charge in [-0.05, 0) is 23.3 Å². The number of halogens is 1. The molecule has 0 radical (unpaired) electrons. The molecule has 1 saturated heterocycles. The SMILES string of the molecule is Fc1ccc2c(c1)COC1(CCNCC1)OC2. The number of benzene rings is 1. The zero-order valence-corrected chi connectivity index (χ0v) is 9.67. The molecule has 2 heterocycles. The molecule has 17 heavy (non-hydrogen) atoms. The molecular formula is C13H16FNO2. The molecule has 1 aromatic rings. The molecule has 1 spiro atoms. The van der Waals surface area contributed by atoms with Gasteiger partial charge in [-0.15, -0.1) is 0 Å². The Morgan fingerprint density at radius 1 is 1.06 bits per heavy atom. The first-order chi connectivity index (χ1) is 8.27. The molecule has 0 atom stereocenters. The highest BCUT2D eigenvalue weighted by Gasteiger charge is 2.36. The van der Waals surface area contributed by atoms with Gasteiger partial charge in [-0.25, -0.2) is 4.39 Å². The predicted molar refractivity (Wildman–Crippen MR) is 60.8 cm³/mol. The van der Waals surface area contributed by atoms with E-state index in [4.69, 9.17) is 9.47 Å². The van der Waals surface area contributed by atoms with Crippen LogP contribution in [0, 0.1) is 5.82 Å². The highest BCUT2D eigenvalue weighted by molar-refractivity contribution is 5.27. The largest absolute Gasteiger partial charge is 0.345 e. The lowest BCUT2D eigenvalue weighted by molar-refractivity contribution is -0.255. The van der Waals surface area contributed by atoms with Crippen LogP contribution < -0.4 is 5.32 Å². The Balaban J connectivity index is 1.82. The van der Waals surface area contributed by atoms with Crippen molar-refractivity contribution in [3.05, 3.63) is 35.1 Å². The van der Waals surface area contributed by atoms with Crippen molar-refractivity contribution in [2.24, 2.45) is 0 Å². The maximum Gasteiger partial charge on any atom is 0.171 e. The molecule has 0 aliphatic carbocycles. The number of hydrogen-bond acceptors (Lipinski definition) is 3. The van der Waals surface area contributed by atoms with E-state index in [2.05, 4.69) is 5.32 Å². The third-order valence-corrected chi connectivity index (χ3v) is 3.52. The topological polar surface area (TPSA) is 30.5 Å². The Labute approximate surface area is 99.9 Å². The van der Waals surface area contributed by atoms with Crippen molar-refractivity contribution in [3.8, 4) is 0 Å². The minimum absolute atomic E-state index is 0.214. The second-order valence-corrected chi connectivity index (χ2v) is 4.65. The van der Waals surface area contributed by atoms with E-state index in [0.29, 0.717) is 13.2 Å². The summed E-state index contributed by atoms with van der Waals surface area (Å²) in [5.41, 5.74) is 1.93. The third kappa shape index (κ3) is 2.20. The molecule has 0 bridgehead atoms. The fourth-order valence-corrected chi connectivity index (χ4v) is 2.43. The van der Waals surface area contributed by atoms with Crippen LogP contribution in [0.15, 0.2) is 18.2 Å². The Morgan fingerprint density at radius 2 is 1.76 bits per heavy atom. The predicted octanol–water partition coefficient (Wildman–Crippen LogP) is 1.95. The third-order valence-electron chi connectivity index (χ3n) is 3.52. The number of hydrogen-bond donors (Lipinski definition) is 1. The second kappa shape index (κ2) is 4.37. The van der Waals surface area contributed by atoms with E-state index in [-0.39, 0.29) is 5.82 Å². The van der Waals surface area contributed by atoms with Gasteiger partial charge in [0, 0.05) is 25.9 Å². The fraction of sp³-hybridized carbons (Fsp3) is 0.538. The lowest BCUT2D eigenvalue weighted by Gasteiger charge is -2.35. The van der Waals surface area contributed by atoms with Crippen LogP contribution in [0.1, 0.15) is 24.0 Å². The van der Waals surface area contributed by atoms with Crippen molar-refractivity contribution < 1.29 is 13.9 Å². The molecule has 0 unspecified atom stereocenters. The molecule has 92 valence electrons. The Kier molecular flexibility index (Phi) is 2.86. The first kappa shape index (κ1) is 11.1. The van der Waals surface area contributed by atoms with E-state index < -0.39 is 5.79 Å². The summed E-state index contributed by atoms with van der Waals surface area (Å²) >= 11 is 0. The van der Waals surface area contributed by atoms with Crippen LogP contribution in [0.25, 0.3) is 0 Å². The van der Waals surface area contributed by atoms with Crippen molar-refractivity contribution in [1.82, 2.24) is 5.32 Å². The highest BCUT2D eigenvalue weighted by atomic mass is 19.1. The normalized spacial score (nSPS) is 23.1. The summed E-state index contributed by atoms with van der Waals surface area (Å²) in [4.78, 5) is 0. The molecule has 1 fully saturated rings. The quantitative estimate of drug-likeness (QED) is 0.748. The number of piperidine rings is 1. The van der Waals surface area contributed by atoms with E-state index in [0.717, 1.165) is 37.1 Å². The van der Waals surface area contributed by atoms with Crippen LogP contribution in [-0.4, -0.2) is 18.9 Å². The van der Waals surface area contributed by atoms with Crippen molar-refractivity contribution in [3.63, 3.8) is 0 Å². The Hall–Kier alpha value is -0.970. The van der Waals surface area contributed by atoms with Gasteiger partial charge in [0.15, 0.2) is 5.79 Å². The first-order valence-corrected chi connectivity index (χ1v) is 6.03. The summed E-state index contributed by atoms with van der Waals surface area (Å²) in [6.07, 6.45) is 1.70. The summed E-state index contributed by atoms with van der Waals surface area (Å²) in [6.45, 7) is 2.76. The fourth-order valence-electron chi connectivity index (χ4n) is 2.43. The molecule has 1 N–H and O–H groups in total. The van der Waals surface area contributed by atoms with Gasteiger partial charge in [0.2, 0.25) is 0 Å². The standard InChI is InChI=1S/C13H16FNO2/c14-12-2-1-10-8-16-13(3-5-15-6-4-13)17-9-11(10)7-12/h1-2,7,15H,3-6,8-9H2. The lowest BCUT2D eigenvalue weighted by atomic mass is 10.1. The van der Waals surface area contributed by atoms with E-state index in [1.54, 1.807) is 12.1 Å². The van der Waals surface area contributed by atoms with Crippen LogP contribution in [0.2, 0.25) is 0 Å². The van der Waals surface area contributed by atoms with Gasteiger partial charge in [0.05, 0.1) is 13.2 Å². The second-order valence-electron chi connectivity index (χ2n) is 4.65. The number of nitrogens with one attached hydrogen (secondary N) is 1. The molecule has 0 amide bonds. The van der Waals surface area contributed by atoms with E-state index in [1.165, 1.54) is 6.07 Å². The molecule has 0 saturated carbocycles. The smallest absolute Gasteiger partial charge is 0.171 e. The summed E-state index contributed by atoms with van der Waals surface area (Å²) in [5, 5.41) is 3.29. The lowest BCUT2D eigenvalue weighted by Crippen LogP contribution is -2.45. The highest BCUT2D eigenvalue weighted by Crippen LogP contribution is 2.31. The Bertz CT molecular complexity index is 416. The van der Waals surface area contributed by atoms with Gasteiger partial charge in [0.25, 0.3) is 0 Å². The van der Waals surface area contributed by atoms with Crippen molar-refractivity contribution in [2.45, 2.75) is 31.8 Å². The van der Waals surface area contributed by atoms with E-state index in [1.807, 2.05) is 0 Å². The summed E-state index contributed by atoms with van der Waals surface area (Å²) in [6, 6.07) is 4.80. The number of fused-ring (bicyclic) bond motifs is 1. The van der Waals surface area contributed by atoms with Gasteiger partial charge in [-0.3, -0.25) is 0 Å². The maximum absolute atomic E-state index is 13.2. The van der Waals surface area contributed by atoms with Gasteiger partial charge < -0.3 is 14.8 Å². The zero-order valence-electron chi connectivity index (χ0n) is 9.67. The molecule has 2 aliphatic rings. The molecular weight excluding hydrogens is 221 g/mol. The summed E-state index contributed by atoms with van der Waals surface area (Å²) in [5.74, 6) is -0.686. The molecule has 4 heteroatoms. The van der Waals surface area contributed by atoms with Gasteiger partial charge in [-0.1, -0.05) is 6.07 Å². The van der Waals surface area contributed by atoms with E-state index in [9.17, 15) is 4.39 Å². The minimum atomic E-state index is -0.471. The van der Waals surface area contributed by atoms with Crippen molar-refractivity contribution in [1.29, 1.82) is 0 Å². The molecule has 0 aromatic heterocycles. The average Bonchev–Trinajstić information content (AvgIpc) is 2.52. The minimum Gasteiger partial charge on any atom is -0.345 e. The van der Waals surface area contributed by atoms with Crippen LogP contribution in [0.3, 0.4) is 0 Å². The average molecular weight is 237 g/mol. The molecule has 1 aromatic carbocycles. The Morgan fingerprint density at radius 3 is 2.53 bits per heavy atom.